The number of aliphatic hydroxyl groups excluding tert-OH is 1. The van der Waals surface area contributed by atoms with Crippen LogP contribution in [0.3, 0.4) is 0 Å². The number of nitrogens with zero attached hydrogens (tertiary/aromatic N) is 2. The summed E-state index contributed by atoms with van der Waals surface area (Å²) in [4.78, 5) is 24.1. The van der Waals surface area contributed by atoms with E-state index >= 15 is 0 Å². The summed E-state index contributed by atoms with van der Waals surface area (Å²) in [5, 5.41) is 20.0. The van der Waals surface area contributed by atoms with Crippen LogP contribution in [0.1, 0.15) is 31.2 Å². The van der Waals surface area contributed by atoms with Gasteiger partial charge in [0.25, 0.3) is 0 Å². The van der Waals surface area contributed by atoms with Gasteiger partial charge >= 0.3 is 6.03 Å². The van der Waals surface area contributed by atoms with Gasteiger partial charge in [-0.25, -0.2) is 4.79 Å². The van der Waals surface area contributed by atoms with Gasteiger partial charge in [-0.3, -0.25) is 4.79 Å². The first-order chi connectivity index (χ1) is 11.1. The number of hydrogen-bond donors (Lipinski definition) is 2. The molecule has 0 heterocycles. The second kappa shape index (κ2) is 7.35. The molecule has 0 bridgehead atoms. The van der Waals surface area contributed by atoms with Crippen LogP contribution >= 0.6 is 0 Å². The highest BCUT2D eigenvalue weighted by Gasteiger charge is 2.43. The third kappa shape index (κ3) is 3.51. The Bertz CT molecular complexity index is 712. The van der Waals surface area contributed by atoms with Gasteiger partial charge in [-0.05, 0) is 37.5 Å². The van der Waals surface area contributed by atoms with Crippen LogP contribution in [0.4, 0.5) is 10.5 Å². The zero-order valence-electron chi connectivity index (χ0n) is 13.5. The Balaban J connectivity index is 0.00000208. The van der Waals surface area contributed by atoms with E-state index in [1.165, 1.54) is 0 Å². The molecule has 2 aliphatic carbocycles. The van der Waals surface area contributed by atoms with Crippen molar-refractivity contribution in [2.24, 2.45) is 22.1 Å². The van der Waals surface area contributed by atoms with Gasteiger partial charge in [0.05, 0.1) is 0 Å². The van der Waals surface area contributed by atoms with Crippen LogP contribution in [-0.2, 0) is 4.79 Å². The smallest absolute Gasteiger partial charge is 0.364 e. The minimum Gasteiger partial charge on any atom is -0.510 e. The molecule has 4 N–H and O–H groups in total. The van der Waals surface area contributed by atoms with Crippen molar-refractivity contribution >= 4 is 17.5 Å². The summed E-state index contributed by atoms with van der Waals surface area (Å²) in [5.41, 5.74) is 1.56. The van der Waals surface area contributed by atoms with Crippen molar-refractivity contribution < 1.29 is 20.2 Å². The number of benzene rings is 1. The first kappa shape index (κ1) is 17.8. The first-order valence-corrected chi connectivity index (χ1v) is 7.83. The monoisotopic (exact) mass is 331 g/mol. The van der Waals surface area contributed by atoms with Crippen LogP contribution in [0.15, 0.2) is 46.0 Å². The number of aliphatic hydroxyl groups is 1. The summed E-state index contributed by atoms with van der Waals surface area (Å²) in [6.07, 6.45) is 3.54. The lowest BCUT2D eigenvalue weighted by Crippen LogP contribution is -2.21. The first-order valence-electron chi connectivity index (χ1n) is 7.83. The Labute approximate surface area is 139 Å². The van der Waals surface area contributed by atoms with Gasteiger partial charge in [0, 0.05) is 17.5 Å². The number of carbonyl (C=O) groups is 2. The van der Waals surface area contributed by atoms with Gasteiger partial charge < -0.3 is 15.9 Å². The highest BCUT2D eigenvalue weighted by Crippen LogP contribution is 2.42. The van der Waals surface area contributed by atoms with E-state index in [0.717, 1.165) is 31.2 Å². The number of ketones is 1. The molecule has 1 fully saturated rings. The van der Waals surface area contributed by atoms with Crippen LogP contribution in [0.25, 0.3) is 0 Å². The summed E-state index contributed by atoms with van der Waals surface area (Å²) < 4.78 is 0. The summed E-state index contributed by atoms with van der Waals surface area (Å²) in [5.74, 6) is -0.548. The molecule has 0 aromatic heterocycles. The summed E-state index contributed by atoms with van der Waals surface area (Å²) in [7, 11) is 0. The molecular weight excluding hydrogens is 310 g/mol. The van der Waals surface area contributed by atoms with E-state index in [4.69, 9.17) is 0 Å². The maximum Gasteiger partial charge on any atom is 0.364 e. The van der Waals surface area contributed by atoms with E-state index in [2.05, 4.69) is 15.5 Å². The Morgan fingerprint density at radius 1 is 1.25 bits per heavy atom. The van der Waals surface area contributed by atoms with Crippen molar-refractivity contribution in [3.63, 3.8) is 0 Å². The SMILES string of the molecule is Cc1cccc(NC(=O)N=NC2=C(O)C3CCCCC3C2=O)c1.O. The number of urea groups is 1. The number of Topliss-reactive ketones (excluding diaryl/α,β-unsaturated/α-hetero) is 1. The fourth-order valence-corrected chi connectivity index (χ4v) is 3.32. The van der Waals surface area contributed by atoms with E-state index in [-0.39, 0.29) is 34.6 Å². The topological polar surface area (TPSA) is 123 Å². The van der Waals surface area contributed by atoms with Crippen LogP contribution in [0, 0.1) is 18.8 Å². The predicted octanol–water partition coefficient (Wildman–Crippen LogP) is 3.31. The fourth-order valence-electron chi connectivity index (χ4n) is 3.32. The van der Waals surface area contributed by atoms with Gasteiger partial charge in [0.2, 0.25) is 0 Å². The predicted molar refractivity (Wildman–Crippen MR) is 88.8 cm³/mol. The normalized spacial score (nSPS) is 23.1. The van der Waals surface area contributed by atoms with E-state index in [0.29, 0.717) is 5.69 Å². The standard InChI is InChI=1S/C17H19N3O3.H2O/c1-10-5-4-6-11(9-10)18-17(23)20-19-14-15(21)12-7-2-3-8-13(12)16(14)22;/h4-6,9,12-13,21H,2-3,7-8H2,1H3,(H,18,23);1H2. The van der Waals surface area contributed by atoms with Gasteiger partial charge in [0.1, 0.15) is 5.76 Å². The van der Waals surface area contributed by atoms with Crippen molar-refractivity contribution in [3.8, 4) is 0 Å². The maximum absolute atomic E-state index is 12.3. The van der Waals surface area contributed by atoms with Gasteiger partial charge in [-0.2, -0.15) is 0 Å². The number of anilines is 1. The van der Waals surface area contributed by atoms with Crippen LogP contribution in [-0.4, -0.2) is 22.4 Å². The molecule has 128 valence electrons. The molecule has 0 aliphatic heterocycles. The third-order valence-electron chi connectivity index (χ3n) is 4.44. The Hall–Kier alpha value is -2.54. The number of aryl methyl sites for hydroxylation is 1. The summed E-state index contributed by atoms with van der Waals surface area (Å²) >= 11 is 0. The zero-order valence-corrected chi connectivity index (χ0v) is 13.5. The number of amides is 2. The van der Waals surface area contributed by atoms with Crippen LogP contribution in [0.2, 0.25) is 0 Å². The number of hydrogen-bond acceptors (Lipinski definition) is 4. The molecule has 0 radical (unpaired) electrons. The minimum atomic E-state index is -0.668. The molecule has 24 heavy (non-hydrogen) atoms. The highest BCUT2D eigenvalue weighted by molar-refractivity contribution is 6.00. The second-order valence-corrected chi connectivity index (χ2v) is 6.10. The third-order valence-corrected chi connectivity index (χ3v) is 4.44. The fraction of sp³-hybridized carbons (Fsp3) is 0.412. The molecular formula is C17H21N3O4. The molecule has 2 aliphatic rings. The Morgan fingerprint density at radius 2 is 1.96 bits per heavy atom. The molecule has 0 spiro atoms. The van der Waals surface area contributed by atoms with Crippen molar-refractivity contribution in [1.29, 1.82) is 0 Å². The molecule has 2 atom stereocenters. The number of azo groups is 1. The zero-order chi connectivity index (χ0) is 16.4. The molecule has 2 amide bonds. The molecule has 0 saturated heterocycles. The van der Waals surface area contributed by atoms with Crippen molar-refractivity contribution in [2.45, 2.75) is 32.6 Å². The molecule has 7 nitrogen and oxygen atoms in total. The number of rotatable bonds is 2. The lowest BCUT2D eigenvalue weighted by atomic mass is 9.80. The lowest BCUT2D eigenvalue weighted by Gasteiger charge is -2.23. The summed E-state index contributed by atoms with van der Waals surface area (Å²) in [6, 6.07) is 6.62. The number of nitrogens with one attached hydrogen (secondary N) is 1. The number of allylic oxidation sites excluding steroid dienone is 2. The molecule has 7 heteroatoms. The molecule has 1 aromatic carbocycles. The quantitative estimate of drug-likeness (QED) is 0.808. The van der Waals surface area contributed by atoms with Crippen LogP contribution in [0.5, 0.6) is 0 Å². The van der Waals surface area contributed by atoms with Gasteiger partial charge in [-0.15, -0.1) is 5.11 Å². The summed E-state index contributed by atoms with van der Waals surface area (Å²) in [6.45, 7) is 1.92. The maximum atomic E-state index is 12.3. The van der Waals surface area contributed by atoms with Crippen molar-refractivity contribution in [3.05, 3.63) is 41.3 Å². The van der Waals surface area contributed by atoms with Gasteiger partial charge in [0.15, 0.2) is 11.5 Å². The second-order valence-electron chi connectivity index (χ2n) is 6.10. The largest absolute Gasteiger partial charge is 0.510 e. The number of carbonyl (C=O) groups excluding carboxylic acids is 2. The van der Waals surface area contributed by atoms with E-state index in [9.17, 15) is 14.7 Å². The van der Waals surface area contributed by atoms with Crippen molar-refractivity contribution in [2.75, 3.05) is 5.32 Å². The van der Waals surface area contributed by atoms with Crippen molar-refractivity contribution in [1.82, 2.24) is 0 Å². The molecule has 1 aromatic rings. The average Bonchev–Trinajstić information content (AvgIpc) is 2.77. The number of fused-ring (bicyclic) bond motifs is 1. The molecule has 1 saturated carbocycles. The van der Waals surface area contributed by atoms with E-state index in [1.807, 2.05) is 19.1 Å². The Morgan fingerprint density at radius 3 is 2.62 bits per heavy atom. The van der Waals surface area contributed by atoms with Gasteiger partial charge in [-0.1, -0.05) is 30.1 Å². The highest BCUT2D eigenvalue weighted by atomic mass is 16.3. The minimum absolute atomic E-state index is 0. The molecule has 3 rings (SSSR count). The van der Waals surface area contributed by atoms with Crippen LogP contribution < -0.4 is 5.32 Å². The van der Waals surface area contributed by atoms with E-state index < -0.39 is 6.03 Å². The Kier molecular flexibility index (Phi) is 5.46. The lowest BCUT2D eigenvalue weighted by molar-refractivity contribution is -0.120. The molecule has 2 unspecified atom stereocenters. The average molecular weight is 331 g/mol. The van der Waals surface area contributed by atoms with E-state index in [1.54, 1.807) is 12.1 Å².